The predicted octanol–water partition coefficient (Wildman–Crippen LogP) is 1.94. The number of carbonyl (C=O) groups excluding carboxylic acids is 1. The van der Waals surface area contributed by atoms with E-state index in [2.05, 4.69) is 15.4 Å². The Bertz CT molecular complexity index is 999. The highest BCUT2D eigenvalue weighted by Gasteiger charge is 2.18. The van der Waals surface area contributed by atoms with Crippen molar-refractivity contribution in [3.63, 3.8) is 0 Å². The molecule has 1 amide bonds. The normalized spacial score (nSPS) is 11.2. The van der Waals surface area contributed by atoms with Gasteiger partial charge in [0.15, 0.2) is 0 Å². The van der Waals surface area contributed by atoms with E-state index in [0.717, 1.165) is 24.4 Å². The van der Waals surface area contributed by atoms with Crippen LogP contribution in [-0.4, -0.2) is 31.8 Å². The number of nitrogens with zero attached hydrogens (tertiary/aromatic N) is 4. The van der Waals surface area contributed by atoms with E-state index in [9.17, 15) is 9.59 Å². The van der Waals surface area contributed by atoms with Gasteiger partial charge in [-0.05, 0) is 38.8 Å². The summed E-state index contributed by atoms with van der Waals surface area (Å²) in [5, 5.41) is 7.86. The van der Waals surface area contributed by atoms with Gasteiger partial charge < -0.3 is 9.88 Å². The van der Waals surface area contributed by atoms with E-state index in [1.807, 2.05) is 24.6 Å². The molecule has 0 aromatic carbocycles. The Hall–Kier alpha value is -2.48. The van der Waals surface area contributed by atoms with Gasteiger partial charge in [0.25, 0.3) is 11.5 Å². The molecule has 3 rings (SSSR count). The minimum absolute atomic E-state index is 0.123. The lowest BCUT2D eigenvalue weighted by Gasteiger charge is -2.06. The van der Waals surface area contributed by atoms with Gasteiger partial charge in [0.05, 0.1) is 22.3 Å². The van der Waals surface area contributed by atoms with Crippen molar-refractivity contribution >= 4 is 27.5 Å². The molecule has 0 fully saturated rings. The Kier molecular flexibility index (Phi) is 4.71. The monoisotopic (exact) mass is 359 g/mol. The molecule has 25 heavy (non-hydrogen) atoms. The van der Waals surface area contributed by atoms with Crippen LogP contribution in [-0.2, 0) is 13.6 Å². The fraction of sp³-hybridized carbons (Fsp3) is 0.412. The van der Waals surface area contributed by atoms with Gasteiger partial charge in [0.1, 0.15) is 4.83 Å². The molecule has 0 radical (unpaired) electrons. The summed E-state index contributed by atoms with van der Waals surface area (Å²) in [5.74, 6) is -0.157. The van der Waals surface area contributed by atoms with Crippen molar-refractivity contribution in [1.29, 1.82) is 0 Å². The molecule has 0 spiro atoms. The van der Waals surface area contributed by atoms with Crippen LogP contribution in [0.5, 0.6) is 0 Å². The largest absolute Gasteiger partial charge is 0.351 e. The lowest BCUT2D eigenvalue weighted by atomic mass is 10.2. The Morgan fingerprint density at radius 2 is 2.08 bits per heavy atom. The van der Waals surface area contributed by atoms with Crippen molar-refractivity contribution in [3.8, 4) is 0 Å². The number of hydrogen-bond donors (Lipinski definition) is 1. The highest BCUT2D eigenvalue weighted by atomic mass is 32.1. The molecule has 0 atom stereocenters. The van der Waals surface area contributed by atoms with Crippen LogP contribution in [0.25, 0.3) is 10.2 Å². The van der Waals surface area contributed by atoms with E-state index in [-0.39, 0.29) is 11.5 Å². The van der Waals surface area contributed by atoms with E-state index in [0.29, 0.717) is 27.2 Å². The maximum Gasteiger partial charge on any atom is 0.262 e. The standard InChI is InChI=1S/C17H21N5O2S/c1-10-8-11(2)22(20-10)7-5-6-18-15(23)14-12(3)13-16(25-14)19-9-21(4)17(13)24/h8-9H,5-7H2,1-4H3,(H,18,23). The summed E-state index contributed by atoms with van der Waals surface area (Å²) in [6.07, 6.45) is 2.27. The Balaban J connectivity index is 1.66. The molecule has 1 N–H and O–H groups in total. The predicted molar refractivity (Wildman–Crippen MR) is 98.2 cm³/mol. The van der Waals surface area contributed by atoms with Crippen LogP contribution >= 0.6 is 11.3 Å². The zero-order chi connectivity index (χ0) is 18.1. The Morgan fingerprint density at radius 1 is 1.32 bits per heavy atom. The first-order valence-corrected chi connectivity index (χ1v) is 8.94. The van der Waals surface area contributed by atoms with Gasteiger partial charge in [-0.1, -0.05) is 0 Å². The number of aromatic nitrogens is 4. The summed E-state index contributed by atoms with van der Waals surface area (Å²) in [5.41, 5.74) is 2.69. The minimum Gasteiger partial charge on any atom is -0.351 e. The Morgan fingerprint density at radius 3 is 2.76 bits per heavy atom. The number of aryl methyl sites for hydroxylation is 5. The topological polar surface area (TPSA) is 81.8 Å². The number of hydrogen-bond acceptors (Lipinski definition) is 5. The van der Waals surface area contributed by atoms with Crippen LogP contribution < -0.4 is 10.9 Å². The van der Waals surface area contributed by atoms with Crippen molar-refractivity contribution in [2.45, 2.75) is 33.7 Å². The smallest absolute Gasteiger partial charge is 0.262 e. The third-order valence-corrected chi connectivity index (χ3v) is 5.35. The molecule has 3 aromatic rings. The van der Waals surface area contributed by atoms with Gasteiger partial charge in [0.2, 0.25) is 0 Å². The summed E-state index contributed by atoms with van der Waals surface area (Å²) >= 11 is 1.26. The summed E-state index contributed by atoms with van der Waals surface area (Å²) in [6, 6.07) is 2.03. The van der Waals surface area contributed by atoms with E-state index in [1.165, 1.54) is 22.2 Å². The number of fused-ring (bicyclic) bond motifs is 1. The molecule has 0 aliphatic rings. The number of nitrogens with one attached hydrogen (secondary N) is 1. The van der Waals surface area contributed by atoms with Gasteiger partial charge in [0, 0.05) is 25.8 Å². The molecule has 0 aliphatic carbocycles. The summed E-state index contributed by atoms with van der Waals surface area (Å²) in [4.78, 5) is 30.1. The second-order valence-corrected chi connectivity index (χ2v) is 7.16. The fourth-order valence-corrected chi connectivity index (χ4v) is 3.89. The van der Waals surface area contributed by atoms with E-state index in [4.69, 9.17) is 0 Å². The highest BCUT2D eigenvalue weighted by Crippen LogP contribution is 2.26. The molecule has 3 heterocycles. The second kappa shape index (κ2) is 6.79. The molecule has 0 unspecified atom stereocenters. The molecule has 0 bridgehead atoms. The zero-order valence-electron chi connectivity index (χ0n) is 14.8. The van der Waals surface area contributed by atoms with Crippen LogP contribution in [0.1, 0.15) is 33.0 Å². The number of thiophene rings is 1. The quantitative estimate of drug-likeness (QED) is 0.706. The molecule has 0 aliphatic heterocycles. The van der Waals surface area contributed by atoms with E-state index >= 15 is 0 Å². The number of amides is 1. The SMILES string of the molecule is Cc1cc(C)n(CCCNC(=O)c2sc3ncn(C)c(=O)c3c2C)n1. The second-order valence-electron chi connectivity index (χ2n) is 6.16. The van der Waals surface area contributed by atoms with Gasteiger partial charge in [-0.15, -0.1) is 11.3 Å². The van der Waals surface area contributed by atoms with Gasteiger partial charge >= 0.3 is 0 Å². The summed E-state index contributed by atoms with van der Waals surface area (Å²) in [7, 11) is 1.66. The fourth-order valence-electron chi connectivity index (χ4n) is 2.84. The van der Waals surface area contributed by atoms with Crippen molar-refractivity contribution < 1.29 is 4.79 Å². The highest BCUT2D eigenvalue weighted by molar-refractivity contribution is 7.20. The van der Waals surface area contributed by atoms with E-state index in [1.54, 1.807) is 14.0 Å². The van der Waals surface area contributed by atoms with Crippen molar-refractivity contribution in [2.24, 2.45) is 7.05 Å². The van der Waals surface area contributed by atoms with E-state index < -0.39 is 0 Å². The maximum absolute atomic E-state index is 12.5. The molecular weight excluding hydrogens is 338 g/mol. The first-order chi connectivity index (χ1) is 11.9. The first-order valence-electron chi connectivity index (χ1n) is 8.12. The molecule has 132 valence electrons. The average molecular weight is 359 g/mol. The molecule has 8 heteroatoms. The first kappa shape index (κ1) is 17.3. The molecule has 0 saturated carbocycles. The average Bonchev–Trinajstić information content (AvgIpc) is 3.07. The third-order valence-electron chi connectivity index (χ3n) is 4.15. The van der Waals surface area contributed by atoms with Gasteiger partial charge in [-0.3, -0.25) is 14.3 Å². The van der Waals surface area contributed by atoms with Crippen molar-refractivity contribution in [1.82, 2.24) is 24.6 Å². The maximum atomic E-state index is 12.5. The summed E-state index contributed by atoms with van der Waals surface area (Å²) < 4.78 is 3.37. The summed E-state index contributed by atoms with van der Waals surface area (Å²) in [6.45, 7) is 7.09. The third kappa shape index (κ3) is 3.34. The molecule has 3 aromatic heterocycles. The minimum atomic E-state index is -0.157. The lowest BCUT2D eigenvalue weighted by Crippen LogP contribution is -2.25. The lowest BCUT2D eigenvalue weighted by molar-refractivity contribution is 0.0956. The Labute approximate surface area is 149 Å². The number of carbonyl (C=O) groups is 1. The van der Waals surface area contributed by atoms with Gasteiger partial charge in [-0.2, -0.15) is 5.10 Å². The molecular formula is C17H21N5O2S. The van der Waals surface area contributed by atoms with Crippen molar-refractivity contribution in [2.75, 3.05) is 6.54 Å². The van der Waals surface area contributed by atoms with Crippen LogP contribution in [0, 0.1) is 20.8 Å². The van der Waals surface area contributed by atoms with Crippen LogP contribution in [0.3, 0.4) is 0 Å². The molecule has 7 nitrogen and oxygen atoms in total. The number of rotatable bonds is 5. The van der Waals surface area contributed by atoms with Gasteiger partial charge in [-0.25, -0.2) is 4.98 Å². The molecule has 0 saturated heterocycles. The van der Waals surface area contributed by atoms with Crippen LogP contribution in [0.15, 0.2) is 17.2 Å². The van der Waals surface area contributed by atoms with Crippen LogP contribution in [0.4, 0.5) is 0 Å². The van der Waals surface area contributed by atoms with Crippen molar-refractivity contribution in [3.05, 3.63) is 44.6 Å². The zero-order valence-corrected chi connectivity index (χ0v) is 15.6. The van der Waals surface area contributed by atoms with Crippen LogP contribution in [0.2, 0.25) is 0 Å².